The summed E-state index contributed by atoms with van der Waals surface area (Å²) in [5, 5.41) is 9.29. The molecule has 0 radical (unpaired) electrons. The molecule has 1 aliphatic carbocycles. The third-order valence-corrected chi connectivity index (χ3v) is 7.41. The van der Waals surface area contributed by atoms with Crippen LogP contribution in [0, 0.1) is 0 Å². The van der Waals surface area contributed by atoms with Crippen molar-refractivity contribution in [3.05, 3.63) is 76.8 Å². The summed E-state index contributed by atoms with van der Waals surface area (Å²) in [4.78, 5) is 10.9. The van der Waals surface area contributed by atoms with Gasteiger partial charge in [0.25, 0.3) is 0 Å². The van der Waals surface area contributed by atoms with Crippen LogP contribution in [0.5, 0.6) is 0 Å². The Bertz CT molecular complexity index is 1020. The zero-order chi connectivity index (χ0) is 21.6. The van der Waals surface area contributed by atoms with Gasteiger partial charge in [-0.15, -0.1) is 0 Å². The summed E-state index contributed by atoms with van der Waals surface area (Å²) < 4.78 is 27.9. The van der Waals surface area contributed by atoms with Gasteiger partial charge in [0.05, 0.1) is 4.90 Å². The molecule has 1 aliphatic rings. The van der Waals surface area contributed by atoms with Gasteiger partial charge in [-0.05, 0) is 67.5 Å². The quantitative estimate of drug-likeness (QED) is 0.404. The number of sulfonamides is 1. The number of nitrogens with one attached hydrogen (secondary N) is 1. The number of carboxylic acids is 1. The Kier molecular flexibility index (Phi) is 9.80. The van der Waals surface area contributed by atoms with Crippen LogP contribution in [0.2, 0.25) is 5.02 Å². The van der Waals surface area contributed by atoms with Gasteiger partial charge in [-0.1, -0.05) is 48.0 Å². The Hall–Kier alpha value is -1.15. The fourth-order valence-corrected chi connectivity index (χ4v) is 5.25. The molecule has 0 fully saturated rings. The van der Waals surface area contributed by atoms with Crippen LogP contribution in [0.4, 0.5) is 0 Å². The Morgan fingerprint density at radius 1 is 1.13 bits per heavy atom. The molecule has 0 aliphatic heterocycles. The molecule has 0 heterocycles. The first-order chi connectivity index (χ1) is 14.3. The van der Waals surface area contributed by atoms with Crippen LogP contribution < -0.4 is 4.72 Å². The van der Waals surface area contributed by atoms with Gasteiger partial charge < -0.3 is 5.11 Å². The summed E-state index contributed by atoms with van der Waals surface area (Å²) in [6.07, 6.45) is 7.89. The third kappa shape index (κ3) is 6.91. The SMILES string of the molecule is O=C(O)CC/C=C\CC1(CCNS(=O)(=O)c2ccc(Cl)cc2)CCc2ccccc21.[NaH]. The van der Waals surface area contributed by atoms with E-state index in [9.17, 15) is 13.2 Å². The van der Waals surface area contributed by atoms with Gasteiger partial charge in [-0.3, -0.25) is 4.79 Å². The van der Waals surface area contributed by atoms with Crippen LogP contribution in [0.15, 0.2) is 65.6 Å². The van der Waals surface area contributed by atoms with E-state index in [0.717, 1.165) is 19.3 Å². The summed E-state index contributed by atoms with van der Waals surface area (Å²) in [5.41, 5.74) is 2.41. The number of hydrogen-bond acceptors (Lipinski definition) is 3. The van der Waals surface area contributed by atoms with Crippen molar-refractivity contribution in [3.63, 3.8) is 0 Å². The standard InChI is InChI=1S/C23H26ClNO4S.Na.H/c24-19-9-11-20(12-10-19)30(28,29)25-17-16-23(14-5-1-2-8-22(26)27)15-13-18-6-3-4-7-21(18)23;;/h1,3-7,9-12,25H,2,8,13-17H2,(H,26,27);;/b5-1-;;. The number of rotatable bonds is 10. The average Bonchev–Trinajstić information content (AvgIpc) is 3.07. The summed E-state index contributed by atoms with van der Waals surface area (Å²) >= 11 is 5.85. The van der Waals surface area contributed by atoms with Gasteiger partial charge >= 0.3 is 35.5 Å². The van der Waals surface area contributed by atoms with Crippen molar-refractivity contribution in [1.82, 2.24) is 4.72 Å². The van der Waals surface area contributed by atoms with E-state index in [-0.39, 0.29) is 46.3 Å². The second kappa shape index (κ2) is 11.6. The fourth-order valence-electron chi connectivity index (χ4n) is 4.09. The minimum atomic E-state index is -3.60. The molecule has 2 aromatic carbocycles. The molecule has 0 saturated carbocycles. The van der Waals surface area contributed by atoms with Gasteiger partial charge in [0.1, 0.15) is 0 Å². The molecule has 3 rings (SSSR count). The molecule has 1 atom stereocenters. The number of halogens is 1. The summed E-state index contributed by atoms with van der Waals surface area (Å²) in [7, 11) is -3.60. The van der Waals surface area contributed by atoms with Crippen molar-refractivity contribution in [2.75, 3.05) is 6.54 Å². The second-order valence-corrected chi connectivity index (χ2v) is 9.85. The van der Waals surface area contributed by atoms with Crippen LogP contribution in [0.25, 0.3) is 0 Å². The Morgan fingerprint density at radius 3 is 2.55 bits per heavy atom. The maximum atomic E-state index is 12.6. The molecular formula is C23H27ClNNaO4S. The van der Waals surface area contributed by atoms with E-state index in [4.69, 9.17) is 16.7 Å². The normalized spacial score (nSPS) is 18.0. The van der Waals surface area contributed by atoms with Crippen LogP contribution >= 0.6 is 11.6 Å². The molecule has 8 heteroatoms. The Balaban J connectivity index is 0.00000341. The number of carbonyl (C=O) groups is 1. The van der Waals surface area contributed by atoms with Crippen molar-refractivity contribution in [3.8, 4) is 0 Å². The predicted molar refractivity (Wildman–Crippen MR) is 125 cm³/mol. The molecule has 5 nitrogen and oxygen atoms in total. The van der Waals surface area contributed by atoms with Crippen molar-refractivity contribution in [2.45, 2.75) is 48.8 Å². The van der Waals surface area contributed by atoms with Gasteiger partial charge in [0.15, 0.2) is 0 Å². The number of hydrogen-bond donors (Lipinski definition) is 2. The number of benzene rings is 2. The molecule has 1 unspecified atom stereocenters. The van der Waals surface area contributed by atoms with E-state index in [2.05, 4.69) is 16.9 Å². The molecule has 0 amide bonds. The Labute approximate surface area is 211 Å². The summed E-state index contributed by atoms with van der Waals surface area (Å²) in [6, 6.07) is 14.4. The van der Waals surface area contributed by atoms with Crippen LogP contribution in [0.3, 0.4) is 0 Å². The van der Waals surface area contributed by atoms with Crippen molar-refractivity contribution in [2.24, 2.45) is 0 Å². The number of aryl methyl sites for hydroxylation is 1. The molecule has 0 saturated heterocycles. The number of fused-ring (bicyclic) bond motifs is 1. The summed E-state index contributed by atoms with van der Waals surface area (Å²) in [6.45, 7) is 0.322. The predicted octanol–water partition coefficient (Wildman–Crippen LogP) is 4.06. The van der Waals surface area contributed by atoms with Gasteiger partial charge in [0, 0.05) is 23.4 Å². The average molecular weight is 472 g/mol. The van der Waals surface area contributed by atoms with Crippen molar-refractivity contribution >= 4 is 57.2 Å². The summed E-state index contributed by atoms with van der Waals surface area (Å²) in [5.74, 6) is -0.808. The van der Waals surface area contributed by atoms with E-state index in [0.29, 0.717) is 24.4 Å². The molecule has 162 valence electrons. The number of aliphatic carboxylic acids is 1. The first-order valence-corrected chi connectivity index (χ1v) is 11.9. The van der Waals surface area contributed by atoms with Gasteiger partial charge in [-0.2, -0.15) is 0 Å². The first-order valence-electron chi connectivity index (χ1n) is 10.0. The topological polar surface area (TPSA) is 83.5 Å². The first kappa shape index (κ1) is 26.1. The molecule has 0 bridgehead atoms. The van der Waals surface area contributed by atoms with Gasteiger partial charge in [0.2, 0.25) is 10.0 Å². The van der Waals surface area contributed by atoms with Gasteiger partial charge in [-0.25, -0.2) is 13.1 Å². The van der Waals surface area contributed by atoms with E-state index >= 15 is 0 Å². The number of carboxylic acid groups (broad SMARTS) is 1. The molecule has 2 aromatic rings. The van der Waals surface area contributed by atoms with Crippen LogP contribution in [0.1, 0.15) is 43.2 Å². The molecule has 2 N–H and O–H groups in total. The maximum absolute atomic E-state index is 12.6. The van der Waals surface area contributed by atoms with Crippen LogP contribution in [-0.2, 0) is 26.7 Å². The molecular weight excluding hydrogens is 445 g/mol. The monoisotopic (exact) mass is 471 g/mol. The fraction of sp³-hybridized carbons (Fsp3) is 0.348. The van der Waals surface area contributed by atoms with Crippen molar-refractivity contribution < 1.29 is 18.3 Å². The van der Waals surface area contributed by atoms with E-state index in [1.165, 1.54) is 23.3 Å². The number of allylic oxidation sites excluding steroid dienone is 2. The zero-order valence-corrected chi connectivity index (χ0v) is 18.3. The van der Waals surface area contributed by atoms with Crippen molar-refractivity contribution in [1.29, 1.82) is 0 Å². The molecule has 31 heavy (non-hydrogen) atoms. The molecule has 0 spiro atoms. The van der Waals surface area contributed by atoms with E-state index < -0.39 is 16.0 Å². The third-order valence-electron chi connectivity index (χ3n) is 5.68. The van der Waals surface area contributed by atoms with E-state index in [1.54, 1.807) is 12.1 Å². The van der Waals surface area contributed by atoms with Crippen LogP contribution in [-0.4, -0.2) is 55.6 Å². The zero-order valence-electron chi connectivity index (χ0n) is 16.7. The molecule has 0 aromatic heterocycles. The minimum absolute atomic E-state index is 0. The second-order valence-electron chi connectivity index (χ2n) is 7.65. The Morgan fingerprint density at radius 2 is 1.84 bits per heavy atom. The van der Waals surface area contributed by atoms with E-state index in [1.807, 2.05) is 24.3 Å².